The summed E-state index contributed by atoms with van der Waals surface area (Å²) in [6, 6.07) is 6.34. The van der Waals surface area contributed by atoms with Crippen molar-refractivity contribution in [1.82, 2.24) is 4.98 Å². The summed E-state index contributed by atoms with van der Waals surface area (Å²) < 4.78 is 4.96. The van der Waals surface area contributed by atoms with Crippen molar-refractivity contribution in [3.8, 4) is 34.8 Å². The van der Waals surface area contributed by atoms with Gasteiger partial charge in [0.2, 0.25) is 0 Å². The number of phenolic OH excluding ortho intramolecular Hbond substituents is 1. The number of rotatable bonds is 2. The minimum Gasteiger partial charge on any atom is -0.506 e. The van der Waals surface area contributed by atoms with E-state index in [-0.39, 0.29) is 38.8 Å². The van der Waals surface area contributed by atoms with Gasteiger partial charge in [-0.1, -0.05) is 11.6 Å². The van der Waals surface area contributed by atoms with E-state index in [2.05, 4.69) is 4.98 Å². The fourth-order valence-corrected chi connectivity index (χ4v) is 2.26. The molecular weight excluding hydrogens is 308 g/mol. The van der Waals surface area contributed by atoms with E-state index in [1.54, 1.807) is 6.07 Å². The number of nitrogen functional groups attached to an aromatic ring is 1. The molecule has 0 fully saturated rings. The van der Waals surface area contributed by atoms with Crippen LogP contribution in [0.3, 0.4) is 0 Å². The van der Waals surface area contributed by atoms with Gasteiger partial charge in [0.05, 0.1) is 7.11 Å². The van der Waals surface area contributed by atoms with Crippen LogP contribution >= 0.6 is 11.6 Å². The highest BCUT2D eigenvalue weighted by atomic mass is 35.5. The molecule has 22 heavy (non-hydrogen) atoms. The number of anilines is 1. The monoisotopic (exact) mass is 316 g/mol. The summed E-state index contributed by atoms with van der Waals surface area (Å²) in [6.45, 7) is 0. The number of pyridine rings is 1. The van der Waals surface area contributed by atoms with Crippen LogP contribution in [0, 0.1) is 22.7 Å². The van der Waals surface area contributed by atoms with Gasteiger partial charge in [0.15, 0.2) is 0 Å². The Labute approximate surface area is 129 Å². The van der Waals surface area contributed by atoms with Gasteiger partial charge in [-0.2, -0.15) is 10.5 Å². The minimum atomic E-state index is -0.764. The minimum absolute atomic E-state index is 0.0386. The summed E-state index contributed by atoms with van der Waals surface area (Å²) >= 11 is 5.96. The number of nitrogens with one attached hydrogen (secondary N) is 1. The molecule has 110 valence electrons. The number of ether oxygens (including phenoxy) is 1. The lowest BCUT2D eigenvalue weighted by molar-refractivity contribution is 0.408. The van der Waals surface area contributed by atoms with Crippen LogP contribution in [0.4, 0.5) is 5.82 Å². The SMILES string of the molecule is COc1ccc(-c2c(C#N)c(N)[nH]c(=O)c2C#N)c(O)c1Cl. The summed E-state index contributed by atoms with van der Waals surface area (Å²) in [4.78, 5) is 14.1. The van der Waals surface area contributed by atoms with Crippen LogP contribution in [0.5, 0.6) is 11.5 Å². The molecule has 4 N–H and O–H groups in total. The number of benzene rings is 1. The normalized spacial score (nSPS) is 9.82. The van der Waals surface area contributed by atoms with Gasteiger partial charge in [-0.25, -0.2) is 0 Å². The van der Waals surface area contributed by atoms with E-state index in [1.165, 1.54) is 19.2 Å². The molecule has 0 aliphatic rings. The van der Waals surface area contributed by atoms with Crippen molar-refractivity contribution in [1.29, 1.82) is 10.5 Å². The predicted octanol–water partition coefficient (Wildman–Crippen LogP) is 1.74. The first kappa shape index (κ1) is 15.2. The molecule has 8 heteroatoms. The molecule has 1 heterocycles. The molecule has 2 aromatic rings. The first-order valence-corrected chi connectivity index (χ1v) is 6.25. The quantitative estimate of drug-likeness (QED) is 0.771. The molecule has 1 aromatic heterocycles. The predicted molar refractivity (Wildman–Crippen MR) is 79.6 cm³/mol. The Balaban J connectivity index is 2.96. The van der Waals surface area contributed by atoms with E-state index in [4.69, 9.17) is 22.1 Å². The number of aromatic nitrogens is 1. The fourth-order valence-electron chi connectivity index (χ4n) is 2.02. The van der Waals surface area contributed by atoms with Gasteiger partial charge in [0.25, 0.3) is 5.56 Å². The van der Waals surface area contributed by atoms with Gasteiger partial charge < -0.3 is 20.6 Å². The third kappa shape index (κ3) is 2.20. The van der Waals surface area contributed by atoms with E-state index in [9.17, 15) is 20.4 Å². The highest BCUT2D eigenvalue weighted by molar-refractivity contribution is 6.34. The molecule has 0 radical (unpaired) electrons. The molecule has 0 aliphatic heterocycles. The zero-order valence-corrected chi connectivity index (χ0v) is 12.0. The summed E-state index contributed by atoms with van der Waals surface area (Å²) in [5, 5.41) is 28.5. The van der Waals surface area contributed by atoms with E-state index in [0.29, 0.717) is 0 Å². The molecule has 0 amide bonds. The number of H-pyrrole nitrogens is 1. The Morgan fingerprint density at radius 1 is 1.32 bits per heavy atom. The van der Waals surface area contributed by atoms with Crippen molar-refractivity contribution in [2.24, 2.45) is 0 Å². The van der Waals surface area contributed by atoms with Crippen LogP contribution < -0.4 is 16.0 Å². The molecule has 7 nitrogen and oxygen atoms in total. The summed E-state index contributed by atoms with van der Waals surface area (Å²) in [7, 11) is 1.37. The fraction of sp³-hybridized carbons (Fsp3) is 0.0714. The maximum Gasteiger partial charge on any atom is 0.268 e. The number of aromatic hydroxyl groups is 1. The zero-order chi connectivity index (χ0) is 16.4. The molecule has 0 saturated carbocycles. The topological polar surface area (TPSA) is 136 Å². The molecular formula is C14H9ClN4O3. The smallest absolute Gasteiger partial charge is 0.268 e. The van der Waals surface area contributed by atoms with Crippen LogP contribution in [-0.4, -0.2) is 17.2 Å². The van der Waals surface area contributed by atoms with Crippen LogP contribution in [0.15, 0.2) is 16.9 Å². The largest absolute Gasteiger partial charge is 0.506 e. The van der Waals surface area contributed by atoms with Crippen molar-refractivity contribution < 1.29 is 9.84 Å². The molecule has 0 bridgehead atoms. The van der Waals surface area contributed by atoms with Crippen LogP contribution in [0.1, 0.15) is 11.1 Å². The van der Waals surface area contributed by atoms with Gasteiger partial charge in [-0.15, -0.1) is 0 Å². The van der Waals surface area contributed by atoms with Crippen LogP contribution in [-0.2, 0) is 0 Å². The molecule has 0 spiro atoms. The molecule has 0 saturated heterocycles. The van der Waals surface area contributed by atoms with Crippen molar-refractivity contribution in [2.75, 3.05) is 12.8 Å². The van der Waals surface area contributed by atoms with Gasteiger partial charge in [-0.3, -0.25) is 4.79 Å². The lowest BCUT2D eigenvalue weighted by atomic mass is 9.96. The maximum absolute atomic E-state index is 11.8. The average Bonchev–Trinajstić information content (AvgIpc) is 2.49. The first-order valence-electron chi connectivity index (χ1n) is 5.88. The van der Waals surface area contributed by atoms with Crippen molar-refractivity contribution in [3.05, 3.63) is 38.6 Å². The second kappa shape index (κ2) is 5.68. The van der Waals surface area contributed by atoms with E-state index in [1.807, 2.05) is 6.07 Å². The highest BCUT2D eigenvalue weighted by Gasteiger charge is 2.22. The van der Waals surface area contributed by atoms with Crippen LogP contribution in [0.25, 0.3) is 11.1 Å². The van der Waals surface area contributed by atoms with Gasteiger partial charge in [0, 0.05) is 11.1 Å². The molecule has 1 aromatic carbocycles. The van der Waals surface area contributed by atoms with Crippen LogP contribution in [0.2, 0.25) is 5.02 Å². The summed E-state index contributed by atoms with van der Waals surface area (Å²) in [6.07, 6.45) is 0. The summed E-state index contributed by atoms with van der Waals surface area (Å²) in [5.41, 5.74) is 4.33. The number of methoxy groups -OCH3 is 1. The standard InChI is InChI=1S/C14H9ClN4O3/c1-22-9-3-2-6(12(20)11(9)15)10-7(4-16)13(18)19-14(21)8(10)5-17/h2-3,20H,1H3,(H3,18,19,21). The second-order valence-electron chi connectivity index (χ2n) is 4.19. The van der Waals surface area contributed by atoms with E-state index < -0.39 is 11.3 Å². The third-order valence-corrected chi connectivity index (χ3v) is 3.40. The lowest BCUT2D eigenvalue weighted by Crippen LogP contribution is -2.16. The molecule has 0 unspecified atom stereocenters. The number of aromatic amines is 1. The third-order valence-electron chi connectivity index (χ3n) is 3.04. The van der Waals surface area contributed by atoms with Crippen molar-refractivity contribution in [2.45, 2.75) is 0 Å². The van der Waals surface area contributed by atoms with Gasteiger partial charge >= 0.3 is 0 Å². The first-order chi connectivity index (χ1) is 10.5. The molecule has 0 atom stereocenters. The Hall–Kier alpha value is -3.16. The maximum atomic E-state index is 11.8. The Morgan fingerprint density at radius 2 is 1.95 bits per heavy atom. The van der Waals surface area contributed by atoms with E-state index >= 15 is 0 Å². The lowest BCUT2D eigenvalue weighted by Gasteiger charge is -2.13. The summed E-state index contributed by atoms with van der Waals surface area (Å²) in [5.74, 6) is -0.412. The van der Waals surface area contributed by atoms with Crippen molar-refractivity contribution >= 4 is 17.4 Å². The number of phenols is 1. The molecule has 0 aliphatic carbocycles. The number of nitriles is 2. The zero-order valence-electron chi connectivity index (χ0n) is 11.3. The number of hydrogen-bond donors (Lipinski definition) is 3. The van der Waals surface area contributed by atoms with E-state index in [0.717, 1.165) is 0 Å². The number of hydrogen-bond acceptors (Lipinski definition) is 6. The van der Waals surface area contributed by atoms with Gasteiger partial charge in [-0.05, 0) is 12.1 Å². The Bertz CT molecular complexity index is 906. The second-order valence-corrected chi connectivity index (χ2v) is 4.57. The van der Waals surface area contributed by atoms with Crippen molar-refractivity contribution in [3.63, 3.8) is 0 Å². The molecule has 2 rings (SSSR count). The number of nitrogens with zero attached hydrogens (tertiary/aromatic N) is 2. The van der Waals surface area contributed by atoms with Gasteiger partial charge in [0.1, 0.15) is 45.6 Å². The Morgan fingerprint density at radius 3 is 2.50 bits per heavy atom. The number of nitrogens with two attached hydrogens (primary N) is 1. The average molecular weight is 317 g/mol. The Kier molecular flexibility index (Phi) is 3.93. The highest BCUT2D eigenvalue weighted by Crippen LogP contribution is 2.42. The number of halogens is 1.